The van der Waals surface area contributed by atoms with Gasteiger partial charge in [0.05, 0.1) is 0 Å². The summed E-state index contributed by atoms with van der Waals surface area (Å²) in [7, 11) is 1.38. The van der Waals surface area contributed by atoms with Crippen molar-refractivity contribution in [3.8, 4) is 0 Å². The smallest absolute Gasteiger partial charge is 0.364 e. The molecule has 0 saturated carbocycles. The van der Waals surface area contributed by atoms with Crippen LogP contribution in [0.1, 0.15) is 0 Å². The van der Waals surface area contributed by atoms with Crippen molar-refractivity contribution < 1.29 is 14.6 Å². The standard InChI is InChI=1S/C3H6NO3/c1-7-2-4-3(5)6/h4H,2H2,1H3. The molecule has 0 aromatic heterocycles. The number of rotatable bonds is 2. The molecule has 0 aliphatic carbocycles. The molecule has 0 fully saturated rings. The van der Waals surface area contributed by atoms with Crippen LogP contribution in [0.15, 0.2) is 0 Å². The zero-order valence-corrected chi connectivity index (χ0v) is 3.93. The molecule has 0 aromatic carbocycles. The minimum atomic E-state index is -1.32. The maximum absolute atomic E-state index is 9.46. The molecule has 0 saturated heterocycles. The number of ether oxygens (including phenoxy) is 1. The molecule has 1 N–H and O–H groups in total. The number of amides is 1. The fourth-order valence-electron chi connectivity index (χ4n) is 0.131. The van der Waals surface area contributed by atoms with E-state index in [0.29, 0.717) is 0 Å². The van der Waals surface area contributed by atoms with Gasteiger partial charge in [-0.3, -0.25) is 5.32 Å². The third-order valence-corrected chi connectivity index (χ3v) is 0.361. The van der Waals surface area contributed by atoms with Crippen LogP contribution in [0.3, 0.4) is 0 Å². The maximum atomic E-state index is 9.46. The number of carbonyl (C=O) groups is 1. The van der Waals surface area contributed by atoms with E-state index >= 15 is 0 Å². The first kappa shape index (κ1) is 6.23. The van der Waals surface area contributed by atoms with Gasteiger partial charge in [-0.05, 0) is 0 Å². The molecule has 0 heterocycles. The molecule has 0 aliphatic rings. The Kier molecular flexibility index (Phi) is 3.04. The Balaban J connectivity index is 2.82. The van der Waals surface area contributed by atoms with Crippen molar-refractivity contribution in [2.24, 2.45) is 0 Å². The fraction of sp³-hybridized carbons (Fsp3) is 0.667. The van der Waals surface area contributed by atoms with Crippen molar-refractivity contribution >= 4 is 6.09 Å². The summed E-state index contributed by atoms with van der Waals surface area (Å²) in [5, 5.41) is 11.3. The average molecular weight is 104 g/mol. The summed E-state index contributed by atoms with van der Waals surface area (Å²) in [5.41, 5.74) is 0. The van der Waals surface area contributed by atoms with Gasteiger partial charge in [0.2, 0.25) is 0 Å². The van der Waals surface area contributed by atoms with E-state index in [2.05, 4.69) is 4.74 Å². The van der Waals surface area contributed by atoms with E-state index in [4.69, 9.17) is 0 Å². The van der Waals surface area contributed by atoms with Gasteiger partial charge in [-0.2, -0.15) is 0 Å². The molecule has 4 heteroatoms. The molecule has 0 unspecified atom stereocenters. The van der Waals surface area contributed by atoms with Gasteiger partial charge in [-0.15, -0.1) is 0 Å². The Labute approximate surface area is 41.1 Å². The second-order valence-electron chi connectivity index (χ2n) is 0.897. The molecule has 41 valence electrons. The van der Waals surface area contributed by atoms with Crippen LogP contribution in [0, 0.1) is 0 Å². The summed E-state index contributed by atoms with van der Waals surface area (Å²) in [4.78, 5) is 9.46. The molecule has 1 radical (unpaired) electrons. The topological polar surface area (TPSA) is 58.2 Å². The molecule has 4 nitrogen and oxygen atoms in total. The zero-order valence-electron chi connectivity index (χ0n) is 3.93. The molecule has 0 atom stereocenters. The van der Waals surface area contributed by atoms with Gasteiger partial charge < -0.3 is 4.74 Å². The number of hydrogen-bond acceptors (Lipinski definition) is 2. The summed E-state index contributed by atoms with van der Waals surface area (Å²) in [6.07, 6.45) is -1.32. The molecular weight excluding hydrogens is 98.0 g/mol. The Morgan fingerprint density at radius 2 is 2.43 bits per heavy atom. The molecule has 0 rings (SSSR count). The van der Waals surface area contributed by atoms with Crippen LogP contribution in [0.25, 0.3) is 0 Å². The predicted molar refractivity (Wildman–Crippen MR) is 21.1 cm³/mol. The number of methoxy groups -OCH3 is 1. The van der Waals surface area contributed by atoms with E-state index in [1.165, 1.54) is 7.11 Å². The van der Waals surface area contributed by atoms with Crippen LogP contribution in [-0.4, -0.2) is 19.9 Å². The van der Waals surface area contributed by atoms with E-state index in [1.54, 1.807) is 0 Å². The summed E-state index contributed by atoms with van der Waals surface area (Å²) in [6, 6.07) is 0. The molecular formula is C3H6NO3. The summed E-state index contributed by atoms with van der Waals surface area (Å²) in [5.74, 6) is 0. The number of carbonyl (C=O) groups excluding carboxylic acids is 1. The molecule has 7 heavy (non-hydrogen) atoms. The monoisotopic (exact) mass is 104 g/mol. The van der Waals surface area contributed by atoms with E-state index in [1.807, 2.05) is 5.32 Å². The van der Waals surface area contributed by atoms with Crippen molar-refractivity contribution in [3.63, 3.8) is 0 Å². The van der Waals surface area contributed by atoms with Crippen LogP contribution in [0.2, 0.25) is 0 Å². The van der Waals surface area contributed by atoms with Crippen molar-refractivity contribution in [3.05, 3.63) is 0 Å². The normalized spacial score (nSPS) is 8.14. The molecule has 1 amide bonds. The summed E-state index contributed by atoms with van der Waals surface area (Å²) >= 11 is 0. The number of hydrogen-bond donors (Lipinski definition) is 1. The van der Waals surface area contributed by atoms with Crippen LogP contribution in [-0.2, 0) is 9.84 Å². The van der Waals surface area contributed by atoms with Gasteiger partial charge in [-0.25, -0.2) is 9.90 Å². The summed E-state index contributed by atoms with van der Waals surface area (Å²) < 4.78 is 4.32. The van der Waals surface area contributed by atoms with E-state index in [0.717, 1.165) is 0 Å². The molecule has 0 aromatic rings. The first-order chi connectivity index (χ1) is 3.27. The van der Waals surface area contributed by atoms with E-state index < -0.39 is 6.09 Å². The number of nitrogens with one attached hydrogen (secondary N) is 1. The lowest BCUT2D eigenvalue weighted by Crippen LogP contribution is -2.21. The third kappa shape index (κ3) is 5.23. The van der Waals surface area contributed by atoms with Crippen LogP contribution in [0.5, 0.6) is 0 Å². The van der Waals surface area contributed by atoms with Gasteiger partial charge in [0.15, 0.2) is 0 Å². The minimum absolute atomic E-state index is 0.0116. The second-order valence-corrected chi connectivity index (χ2v) is 0.897. The Bertz CT molecular complexity index is 63.2. The van der Waals surface area contributed by atoms with Crippen LogP contribution < -0.4 is 5.32 Å². The van der Waals surface area contributed by atoms with Crippen molar-refractivity contribution in [1.29, 1.82) is 0 Å². The van der Waals surface area contributed by atoms with E-state index in [-0.39, 0.29) is 6.73 Å². The molecule has 0 aliphatic heterocycles. The Hall–Kier alpha value is -0.770. The average Bonchev–Trinajstić information content (AvgIpc) is 1.61. The Morgan fingerprint density at radius 1 is 1.86 bits per heavy atom. The second kappa shape index (κ2) is 3.42. The van der Waals surface area contributed by atoms with E-state index in [9.17, 15) is 9.90 Å². The van der Waals surface area contributed by atoms with Gasteiger partial charge in [0.1, 0.15) is 6.73 Å². The largest absolute Gasteiger partial charge is 0.452 e. The highest BCUT2D eigenvalue weighted by atomic mass is 16.5. The van der Waals surface area contributed by atoms with Gasteiger partial charge >= 0.3 is 6.09 Å². The highest BCUT2D eigenvalue weighted by molar-refractivity contribution is 5.63. The lowest BCUT2D eigenvalue weighted by Gasteiger charge is -1.91. The fourth-order valence-corrected chi connectivity index (χ4v) is 0.131. The van der Waals surface area contributed by atoms with Gasteiger partial charge in [0.25, 0.3) is 0 Å². The van der Waals surface area contributed by atoms with Crippen molar-refractivity contribution in [2.45, 2.75) is 0 Å². The molecule has 0 bridgehead atoms. The van der Waals surface area contributed by atoms with Gasteiger partial charge in [0, 0.05) is 7.11 Å². The van der Waals surface area contributed by atoms with Crippen LogP contribution in [0.4, 0.5) is 4.79 Å². The predicted octanol–water partition coefficient (Wildman–Crippen LogP) is -0.270. The SMILES string of the molecule is COCNC([O])=O. The Morgan fingerprint density at radius 3 is 2.57 bits per heavy atom. The third-order valence-electron chi connectivity index (χ3n) is 0.361. The van der Waals surface area contributed by atoms with Crippen molar-refractivity contribution in [1.82, 2.24) is 5.32 Å². The minimum Gasteiger partial charge on any atom is -0.364 e. The first-order valence-corrected chi connectivity index (χ1v) is 1.71. The lowest BCUT2D eigenvalue weighted by molar-refractivity contribution is 0.134. The summed E-state index contributed by atoms with van der Waals surface area (Å²) in [6.45, 7) is -0.0116. The van der Waals surface area contributed by atoms with Crippen molar-refractivity contribution in [2.75, 3.05) is 13.8 Å². The lowest BCUT2D eigenvalue weighted by atomic mass is 11.1. The maximum Gasteiger partial charge on any atom is 0.452 e. The molecule has 0 spiro atoms. The quantitative estimate of drug-likeness (QED) is 0.490. The highest BCUT2D eigenvalue weighted by Gasteiger charge is 1.90. The highest BCUT2D eigenvalue weighted by Crippen LogP contribution is 1.60. The first-order valence-electron chi connectivity index (χ1n) is 1.71. The van der Waals surface area contributed by atoms with Crippen LogP contribution >= 0.6 is 0 Å². The van der Waals surface area contributed by atoms with Gasteiger partial charge in [-0.1, -0.05) is 0 Å². The zero-order chi connectivity index (χ0) is 5.70.